The van der Waals surface area contributed by atoms with E-state index < -0.39 is 0 Å². The van der Waals surface area contributed by atoms with Crippen LogP contribution in [0.1, 0.15) is 38.1 Å². The molecule has 96 valence electrons. The van der Waals surface area contributed by atoms with Crippen LogP contribution in [0.2, 0.25) is 0 Å². The molecule has 0 atom stereocenters. The van der Waals surface area contributed by atoms with Crippen molar-refractivity contribution < 1.29 is 4.52 Å². The van der Waals surface area contributed by atoms with Crippen LogP contribution >= 0.6 is 0 Å². The lowest BCUT2D eigenvalue weighted by atomic mass is 10.0. The Morgan fingerprint density at radius 1 is 1.39 bits per heavy atom. The summed E-state index contributed by atoms with van der Waals surface area (Å²) in [5.41, 5.74) is 2.74. The smallest absolute Gasteiger partial charge is 0.222 e. The molecule has 0 spiro atoms. The summed E-state index contributed by atoms with van der Waals surface area (Å²) < 4.78 is 5.29. The quantitative estimate of drug-likeness (QED) is 0.898. The molecule has 0 radical (unpaired) electrons. The lowest BCUT2D eigenvalue weighted by molar-refractivity contribution is 0.426. The van der Waals surface area contributed by atoms with Crippen LogP contribution in [-0.4, -0.2) is 21.7 Å². The second-order valence-corrected chi connectivity index (χ2v) is 4.51. The van der Waals surface area contributed by atoms with E-state index >= 15 is 0 Å². The molecule has 0 aliphatic rings. The van der Waals surface area contributed by atoms with Gasteiger partial charge in [-0.15, -0.1) is 0 Å². The topological polar surface area (TPSA) is 63.8 Å². The van der Waals surface area contributed by atoms with Gasteiger partial charge in [0, 0.05) is 18.8 Å². The van der Waals surface area contributed by atoms with E-state index in [-0.39, 0.29) is 0 Å². The van der Waals surface area contributed by atoms with Gasteiger partial charge >= 0.3 is 0 Å². The zero-order valence-electron chi connectivity index (χ0n) is 11.2. The number of rotatable bonds is 4. The van der Waals surface area contributed by atoms with E-state index in [0.717, 1.165) is 29.3 Å². The van der Waals surface area contributed by atoms with E-state index in [4.69, 9.17) is 4.52 Å². The Morgan fingerprint density at radius 3 is 2.72 bits per heavy atom. The number of nitrogens with one attached hydrogen (secondary N) is 1. The Bertz CT molecular complexity index is 534. The van der Waals surface area contributed by atoms with Crippen molar-refractivity contribution in [3.8, 4) is 11.3 Å². The first-order valence-corrected chi connectivity index (χ1v) is 6.16. The lowest BCUT2D eigenvalue weighted by Gasteiger charge is -2.11. The summed E-state index contributed by atoms with van der Waals surface area (Å²) in [6.07, 6.45) is 1.79. The Morgan fingerprint density at radius 2 is 2.17 bits per heavy atom. The fourth-order valence-electron chi connectivity index (χ4n) is 1.76. The van der Waals surface area contributed by atoms with Crippen LogP contribution in [0, 0.1) is 6.92 Å². The molecular weight excluding hydrogens is 228 g/mol. The van der Waals surface area contributed by atoms with E-state index in [1.54, 1.807) is 6.20 Å². The fraction of sp³-hybridized carbons (Fsp3) is 0.462. The molecule has 2 rings (SSSR count). The molecule has 0 saturated carbocycles. The molecule has 1 N–H and O–H groups in total. The normalized spacial score (nSPS) is 10.9. The molecule has 2 aromatic heterocycles. The molecule has 2 aromatic rings. The Hall–Kier alpha value is -1.91. The van der Waals surface area contributed by atoms with Gasteiger partial charge in [-0.3, -0.25) is 0 Å². The number of hydrogen-bond donors (Lipinski definition) is 1. The van der Waals surface area contributed by atoms with Gasteiger partial charge in [-0.05, 0) is 19.8 Å². The molecule has 18 heavy (non-hydrogen) atoms. The van der Waals surface area contributed by atoms with Crippen LogP contribution in [0.3, 0.4) is 0 Å². The molecule has 0 saturated heterocycles. The standard InChI is InChI=1S/C13H18N4O/c1-5-14-13-15-7-10(12(16-13)8(2)3)11-6-9(4)17-18-11/h6-8H,5H2,1-4H3,(H,14,15,16). The van der Waals surface area contributed by atoms with Crippen LogP contribution in [0.4, 0.5) is 5.95 Å². The van der Waals surface area contributed by atoms with Crippen molar-refractivity contribution in [1.29, 1.82) is 0 Å². The molecule has 0 fully saturated rings. The molecule has 0 aliphatic carbocycles. The highest BCUT2D eigenvalue weighted by molar-refractivity contribution is 5.61. The third-order valence-corrected chi connectivity index (χ3v) is 2.59. The molecule has 0 aliphatic heterocycles. The summed E-state index contributed by atoms with van der Waals surface area (Å²) in [6, 6.07) is 1.90. The molecule has 0 unspecified atom stereocenters. The van der Waals surface area contributed by atoms with Gasteiger partial charge in [-0.25, -0.2) is 9.97 Å². The van der Waals surface area contributed by atoms with Crippen molar-refractivity contribution >= 4 is 5.95 Å². The molecule has 2 heterocycles. The highest BCUT2D eigenvalue weighted by Gasteiger charge is 2.15. The molecule has 0 amide bonds. The minimum atomic E-state index is 0.297. The minimum absolute atomic E-state index is 0.297. The lowest BCUT2D eigenvalue weighted by Crippen LogP contribution is -2.06. The van der Waals surface area contributed by atoms with E-state index in [0.29, 0.717) is 11.9 Å². The number of aromatic nitrogens is 3. The van der Waals surface area contributed by atoms with Crippen molar-refractivity contribution in [2.75, 3.05) is 11.9 Å². The van der Waals surface area contributed by atoms with Crippen molar-refractivity contribution in [3.63, 3.8) is 0 Å². The monoisotopic (exact) mass is 246 g/mol. The van der Waals surface area contributed by atoms with Crippen LogP contribution < -0.4 is 5.32 Å². The highest BCUT2D eigenvalue weighted by atomic mass is 16.5. The van der Waals surface area contributed by atoms with Crippen molar-refractivity contribution in [1.82, 2.24) is 15.1 Å². The second-order valence-electron chi connectivity index (χ2n) is 4.51. The molecule has 5 heteroatoms. The predicted molar refractivity (Wildman–Crippen MR) is 70.5 cm³/mol. The first-order chi connectivity index (χ1) is 8.61. The maximum atomic E-state index is 5.29. The molecule has 5 nitrogen and oxygen atoms in total. The SMILES string of the molecule is CCNc1ncc(-c2cc(C)no2)c(C(C)C)n1. The number of nitrogens with zero attached hydrogens (tertiary/aromatic N) is 3. The average molecular weight is 246 g/mol. The van der Waals surface area contributed by atoms with Crippen LogP contribution in [0.25, 0.3) is 11.3 Å². The van der Waals surface area contributed by atoms with E-state index in [9.17, 15) is 0 Å². The average Bonchev–Trinajstić information content (AvgIpc) is 2.76. The van der Waals surface area contributed by atoms with E-state index in [2.05, 4.69) is 34.3 Å². The summed E-state index contributed by atoms with van der Waals surface area (Å²) in [7, 11) is 0. The van der Waals surface area contributed by atoms with Crippen molar-refractivity contribution in [2.45, 2.75) is 33.6 Å². The first-order valence-electron chi connectivity index (χ1n) is 6.16. The molecular formula is C13H18N4O. The first kappa shape index (κ1) is 12.5. The second kappa shape index (κ2) is 5.16. The van der Waals surface area contributed by atoms with Gasteiger partial charge in [-0.1, -0.05) is 19.0 Å². The van der Waals surface area contributed by atoms with Gasteiger partial charge in [0.25, 0.3) is 0 Å². The van der Waals surface area contributed by atoms with Gasteiger partial charge < -0.3 is 9.84 Å². The maximum Gasteiger partial charge on any atom is 0.222 e. The fourth-order valence-corrected chi connectivity index (χ4v) is 1.76. The summed E-state index contributed by atoms with van der Waals surface area (Å²) in [5.74, 6) is 1.67. The number of anilines is 1. The zero-order valence-corrected chi connectivity index (χ0v) is 11.2. The largest absolute Gasteiger partial charge is 0.356 e. The highest BCUT2D eigenvalue weighted by Crippen LogP contribution is 2.28. The zero-order chi connectivity index (χ0) is 13.1. The van der Waals surface area contributed by atoms with Crippen LogP contribution in [0.5, 0.6) is 0 Å². The van der Waals surface area contributed by atoms with Crippen molar-refractivity contribution in [2.24, 2.45) is 0 Å². The van der Waals surface area contributed by atoms with Crippen LogP contribution in [-0.2, 0) is 0 Å². The third-order valence-electron chi connectivity index (χ3n) is 2.59. The summed E-state index contributed by atoms with van der Waals surface area (Å²) in [6.45, 7) is 8.93. The van der Waals surface area contributed by atoms with Gasteiger partial charge in [0.2, 0.25) is 5.95 Å². The number of hydrogen-bond acceptors (Lipinski definition) is 5. The predicted octanol–water partition coefficient (Wildman–Crippen LogP) is 3.00. The molecule has 0 bridgehead atoms. The Balaban J connectivity index is 2.46. The van der Waals surface area contributed by atoms with E-state index in [1.165, 1.54) is 0 Å². The maximum absolute atomic E-state index is 5.29. The summed E-state index contributed by atoms with van der Waals surface area (Å²) in [5, 5.41) is 7.02. The van der Waals surface area contributed by atoms with Gasteiger partial charge in [-0.2, -0.15) is 0 Å². The molecule has 0 aromatic carbocycles. The summed E-state index contributed by atoms with van der Waals surface area (Å²) in [4.78, 5) is 8.82. The Kier molecular flexibility index (Phi) is 3.60. The Labute approximate surface area is 107 Å². The number of aryl methyl sites for hydroxylation is 1. The van der Waals surface area contributed by atoms with Gasteiger partial charge in [0.05, 0.1) is 17.0 Å². The third kappa shape index (κ3) is 2.50. The minimum Gasteiger partial charge on any atom is -0.356 e. The van der Waals surface area contributed by atoms with Crippen LogP contribution in [0.15, 0.2) is 16.8 Å². The summed E-state index contributed by atoms with van der Waals surface area (Å²) >= 11 is 0. The van der Waals surface area contributed by atoms with E-state index in [1.807, 2.05) is 19.9 Å². The van der Waals surface area contributed by atoms with Gasteiger partial charge in [0.1, 0.15) is 0 Å². The van der Waals surface area contributed by atoms with Gasteiger partial charge in [0.15, 0.2) is 5.76 Å². The van der Waals surface area contributed by atoms with Crippen molar-refractivity contribution in [3.05, 3.63) is 23.7 Å².